The van der Waals surface area contributed by atoms with Crippen molar-refractivity contribution in [3.8, 4) is 0 Å². The van der Waals surface area contributed by atoms with E-state index in [4.69, 9.17) is 11.6 Å². The molecule has 0 radical (unpaired) electrons. The number of rotatable bonds is 2. The van der Waals surface area contributed by atoms with Gasteiger partial charge in [-0.05, 0) is 31.2 Å². The molecule has 2 fully saturated rings. The van der Waals surface area contributed by atoms with Gasteiger partial charge in [-0.3, -0.25) is 9.69 Å². The number of nitrogens with one attached hydrogen (secondary N) is 1. The van der Waals surface area contributed by atoms with Gasteiger partial charge in [-0.15, -0.1) is 0 Å². The topological polar surface area (TPSA) is 35.6 Å². The van der Waals surface area contributed by atoms with Crippen LogP contribution in [0.5, 0.6) is 0 Å². The van der Waals surface area contributed by atoms with E-state index in [0.29, 0.717) is 16.6 Å². The molecule has 1 unspecified atom stereocenters. The molecule has 2 aliphatic heterocycles. The van der Waals surface area contributed by atoms with Gasteiger partial charge in [-0.25, -0.2) is 0 Å². The van der Waals surface area contributed by atoms with Gasteiger partial charge in [0, 0.05) is 43.2 Å². The van der Waals surface area contributed by atoms with Crippen molar-refractivity contribution < 1.29 is 4.79 Å². The second kappa shape index (κ2) is 6.65. The van der Waals surface area contributed by atoms with Crippen molar-refractivity contribution in [1.82, 2.24) is 15.1 Å². The molecule has 0 aromatic heterocycles. The monoisotopic (exact) mass is 371 g/mol. The van der Waals surface area contributed by atoms with Crippen LogP contribution in [0, 0.1) is 0 Å². The fourth-order valence-corrected chi connectivity index (χ4v) is 3.63. The van der Waals surface area contributed by atoms with Crippen LogP contribution >= 0.6 is 27.5 Å². The molecule has 1 aromatic rings. The van der Waals surface area contributed by atoms with E-state index < -0.39 is 0 Å². The third kappa shape index (κ3) is 3.42. The summed E-state index contributed by atoms with van der Waals surface area (Å²) in [7, 11) is 0. The van der Waals surface area contributed by atoms with Gasteiger partial charge in [0.05, 0.1) is 10.6 Å². The summed E-state index contributed by atoms with van der Waals surface area (Å²) in [5.74, 6) is 0.0329. The molecule has 3 rings (SSSR count). The maximum atomic E-state index is 12.6. The average molecular weight is 373 g/mol. The number of benzene rings is 1. The Labute approximate surface area is 138 Å². The van der Waals surface area contributed by atoms with E-state index >= 15 is 0 Å². The summed E-state index contributed by atoms with van der Waals surface area (Å²) in [5, 5.41) is 3.92. The van der Waals surface area contributed by atoms with Crippen molar-refractivity contribution in [3.05, 3.63) is 33.3 Å². The Bertz CT molecular complexity index is 526. The van der Waals surface area contributed by atoms with Gasteiger partial charge in [0.15, 0.2) is 0 Å². The number of halogens is 2. The normalized spacial score (nSPS) is 23.5. The highest BCUT2D eigenvalue weighted by Crippen LogP contribution is 2.23. The van der Waals surface area contributed by atoms with Crippen molar-refractivity contribution in [2.24, 2.45) is 0 Å². The highest BCUT2D eigenvalue weighted by atomic mass is 79.9. The number of nitrogens with zero attached hydrogens (tertiary/aromatic N) is 2. The van der Waals surface area contributed by atoms with E-state index in [0.717, 1.165) is 43.7 Å². The van der Waals surface area contributed by atoms with Gasteiger partial charge in [0.1, 0.15) is 0 Å². The largest absolute Gasteiger partial charge is 0.336 e. The van der Waals surface area contributed by atoms with Gasteiger partial charge in [0.2, 0.25) is 0 Å². The quantitative estimate of drug-likeness (QED) is 0.865. The molecular weight excluding hydrogens is 354 g/mol. The molecule has 2 aliphatic rings. The van der Waals surface area contributed by atoms with E-state index in [1.54, 1.807) is 12.1 Å². The number of hydrogen-bond acceptors (Lipinski definition) is 3. The molecule has 6 heteroatoms. The molecular formula is C15H19BrClN3O. The molecule has 0 bridgehead atoms. The van der Waals surface area contributed by atoms with Crippen LogP contribution in [0.4, 0.5) is 0 Å². The Kier molecular flexibility index (Phi) is 4.84. The van der Waals surface area contributed by atoms with E-state index in [1.807, 2.05) is 11.0 Å². The summed E-state index contributed by atoms with van der Waals surface area (Å²) in [6.45, 7) is 5.63. The molecule has 2 heterocycles. The standard InChI is InChI=1S/C15H19BrClN3O/c16-11-1-2-14(17)13(9-11)15(21)20-7-5-19(6-8-20)12-3-4-18-10-12/h1-2,9,12,18H,3-8,10H2. The maximum Gasteiger partial charge on any atom is 0.255 e. The fraction of sp³-hybridized carbons (Fsp3) is 0.533. The molecule has 0 aliphatic carbocycles. The fourth-order valence-electron chi connectivity index (χ4n) is 3.07. The average Bonchev–Trinajstić information content (AvgIpc) is 3.03. The lowest BCUT2D eigenvalue weighted by Crippen LogP contribution is -2.52. The molecule has 1 atom stereocenters. The minimum Gasteiger partial charge on any atom is -0.336 e. The lowest BCUT2D eigenvalue weighted by atomic mass is 10.1. The number of piperazine rings is 1. The summed E-state index contributed by atoms with van der Waals surface area (Å²) in [5.41, 5.74) is 0.585. The zero-order valence-electron chi connectivity index (χ0n) is 11.8. The Morgan fingerprint density at radius 3 is 2.71 bits per heavy atom. The van der Waals surface area contributed by atoms with Gasteiger partial charge in [-0.1, -0.05) is 27.5 Å². The second-order valence-corrected chi connectivity index (χ2v) is 6.92. The van der Waals surface area contributed by atoms with Crippen LogP contribution in [0.2, 0.25) is 5.02 Å². The van der Waals surface area contributed by atoms with Crippen LogP contribution in [-0.2, 0) is 0 Å². The van der Waals surface area contributed by atoms with Crippen LogP contribution in [0.15, 0.2) is 22.7 Å². The molecule has 4 nitrogen and oxygen atoms in total. The third-order valence-corrected chi connectivity index (χ3v) is 5.13. The molecule has 2 saturated heterocycles. The summed E-state index contributed by atoms with van der Waals surface area (Å²) in [4.78, 5) is 17.0. The minimum absolute atomic E-state index is 0.0329. The summed E-state index contributed by atoms with van der Waals surface area (Å²) < 4.78 is 0.880. The first-order chi connectivity index (χ1) is 10.1. The molecule has 114 valence electrons. The first kappa shape index (κ1) is 15.3. The third-order valence-electron chi connectivity index (χ3n) is 4.31. The zero-order chi connectivity index (χ0) is 14.8. The SMILES string of the molecule is O=C(c1cc(Br)ccc1Cl)N1CCN(C2CCNC2)CC1. The lowest BCUT2D eigenvalue weighted by molar-refractivity contribution is 0.0584. The first-order valence-corrected chi connectivity index (χ1v) is 8.51. The number of hydrogen-bond donors (Lipinski definition) is 1. The zero-order valence-corrected chi connectivity index (χ0v) is 14.2. The summed E-state index contributed by atoms with van der Waals surface area (Å²) in [6.07, 6.45) is 1.21. The predicted molar refractivity (Wildman–Crippen MR) is 87.9 cm³/mol. The van der Waals surface area contributed by atoms with Gasteiger partial charge >= 0.3 is 0 Å². The van der Waals surface area contributed by atoms with Crippen molar-refractivity contribution in [3.63, 3.8) is 0 Å². The highest BCUT2D eigenvalue weighted by Gasteiger charge is 2.28. The van der Waals surface area contributed by atoms with E-state index in [-0.39, 0.29) is 5.91 Å². The lowest BCUT2D eigenvalue weighted by Gasteiger charge is -2.37. The van der Waals surface area contributed by atoms with Gasteiger partial charge in [0.25, 0.3) is 5.91 Å². The van der Waals surface area contributed by atoms with Crippen molar-refractivity contribution in [2.45, 2.75) is 12.5 Å². The Balaban J connectivity index is 1.63. The van der Waals surface area contributed by atoms with Crippen LogP contribution < -0.4 is 5.32 Å². The molecule has 0 saturated carbocycles. The minimum atomic E-state index is 0.0329. The highest BCUT2D eigenvalue weighted by molar-refractivity contribution is 9.10. The maximum absolute atomic E-state index is 12.6. The number of amides is 1. The van der Waals surface area contributed by atoms with Crippen molar-refractivity contribution in [1.29, 1.82) is 0 Å². The van der Waals surface area contributed by atoms with Crippen LogP contribution in [0.25, 0.3) is 0 Å². The van der Waals surface area contributed by atoms with Gasteiger partial charge < -0.3 is 10.2 Å². The molecule has 1 amide bonds. The van der Waals surface area contributed by atoms with E-state index in [9.17, 15) is 4.79 Å². The molecule has 1 N–H and O–H groups in total. The van der Waals surface area contributed by atoms with Crippen LogP contribution in [0.3, 0.4) is 0 Å². The van der Waals surface area contributed by atoms with Crippen molar-refractivity contribution in [2.75, 3.05) is 39.3 Å². The van der Waals surface area contributed by atoms with Gasteiger partial charge in [-0.2, -0.15) is 0 Å². The summed E-state index contributed by atoms with van der Waals surface area (Å²) >= 11 is 9.55. The molecule has 21 heavy (non-hydrogen) atoms. The first-order valence-electron chi connectivity index (χ1n) is 7.34. The number of carbonyl (C=O) groups is 1. The summed E-state index contributed by atoms with van der Waals surface area (Å²) in [6, 6.07) is 6.05. The molecule has 1 aromatic carbocycles. The smallest absolute Gasteiger partial charge is 0.255 e. The molecule has 0 spiro atoms. The van der Waals surface area contributed by atoms with E-state index in [1.165, 1.54) is 6.42 Å². The van der Waals surface area contributed by atoms with Crippen LogP contribution in [0.1, 0.15) is 16.8 Å². The Morgan fingerprint density at radius 2 is 2.05 bits per heavy atom. The number of carbonyl (C=O) groups excluding carboxylic acids is 1. The Morgan fingerprint density at radius 1 is 1.29 bits per heavy atom. The van der Waals surface area contributed by atoms with E-state index in [2.05, 4.69) is 26.1 Å². The predicted octanol–water partition coefficient (Wildman–Crippen LogP) is 2.22. The second-order valence-electron chi connectivity index (χ2n) is 5.60. The Hall–Kier alpha value is -0.620. The van der Waals surface area contributed by atoms with Crippen LogP contribution in [-0.4, -0.2) is 61.0 Å². The van der Waals surface area contributed by atoms with Crippen molar-refractivity contribution >= 4 is 33.4 Å².